The molecule has 1 aromatic rings. The molecular weight excluding hydrogens is 385 g/mol. The summed E-state index contributed by atoms with van der Waals surface area (Å²) in [6, 6.07) is 5.64. The Labute approximate surface area is 163 Å². The third kappa shape index (κ3) is 4.46. The molecule has 3 rings (SSSR count). The van der Waals surface area contributed by atoms with Crippen LogP contribution in [-0.2, 0) is 26.0 Å². The van der Waals surface area contributed by atoms with Crippen LogP contribution in [0.2, 0.25) is 0 Å². The molecule has 9 heteroatoms. The van der Waals surface area contributed by atoms with Gasteiger partial charge in [-0.2, -0.15) is 5.10 Å². The number of halogens is 1. The van der Waals surface area contributed by atoms with Crippen molar-refractivity contribution in [2.45, 2.75) is 31.8 Å². The van der Waals surface area contributed by atoms with Crippen molar-refractivity contribution in [2.75, 3.05) is 18.1 Å². The number of hydrogen-bond donors (Lipinski definition) is 0. The summed E-state index contributed by atoms with van der Waals surface area (Å²) in [5.74, 6) is -1.25. The Kier molecular flexibility index (Phi) is 5.93. The fourth-order valence-electron chi connectivity index (χ4n) is 3.37. The lowest BCUT2D eigenvalue weighted by Crippen LogP contribution is -2.45. The Morgan fingerprint density at radius 3 is 2.75 bits per heavy atom. The van der Waals surface area contributed by atoms with E-state index in [1.807, 2.05) is 0 Å². The Bertz CT molecular complexity index is 929. The highest BCUT2D eigenvalue weighted by molar-refractivity contribution is 7.91. The highest BCUT2D eigenvalue weighted by atomic mass is 32.2. The highest BCUT2D eigenvalue weighted by Gasteiger charge is 2.37. The van der Waals surface area contributed by atoms with Crippen LogP contribution >= 0.6 is 0 Å². The molecule has 28 heavy (non-hydrogen) atoms. The largest absolute Gasteiger partial charge is 0.329 e. The summed E-state index contributed by atoms with van der Waals surface area (Å²) >= 11 is 0. The number of benzene rings is 1. The molecule has 2 aliphatic heterocycles. The predicted molar refractivity (Wildman–Crippen MR) is 103 cm³/mol. The Hall–Kier alpha value is -2.55. The lowest BCUT2D eigenvalue weighted by Gasteiger charge is -2.29. The molecule has 0 bridgehead atoms. The summed E-state index contributed by atoms with van der Waals surface area (Å²) < 4.78 is 37.4. The second kappa shape index (κ2) is 8.22. The Morgan fingerprint density at radius 2 is 2.11 bits per heavy atom. The maximum atomic E-state index is 14.0. The number of carbonyl (C=O) groups excluding carboxylic acids is 2. The Balaban J connectivity index is 1.81. The van der Waals surface area contributed by atoms with Crippen LogP contribution in [0.1, 0.15) is 24.8 Å². The number of hydrogen-bond acceptors (Lipinski definition) is 5. The minimum absolute atomic E-state index is 0.0100. The Morgan fingerprint density at radius 1 is 1.36 bits per heavy atom. The molecule has 1 fully saturated rings. The number of nitrogens with zero attached hydrogens (tertiary/aromatic N) is 3. The third-order valence-electron chi connectivity index (χ3n) is 4.82. The topological polar surface area (TPSA) is 87.1 Å². The molecule has 0 unspecified atom stereocenters. The van der Waals surface area contributed by atoms with Crippen LogP contribution in [0.4, 0.5) is 4.39 Å². The van der Waals surface area contributed by atoms with E-state index in [-0.39, 0.29) is 49.1 Å². The van der Waals surface area contributed by atoms with Gasteiger partial charge in [-0.25, -0.2) is 17.8 Å². The van der Waals surface area contributed by atoms with Crippen molar-refractivity contribution in [2.24, 2.45) is 5.10 Å². The zero-order valence-corrected chi connectivity index (χ0v) is 16.2. The van der Waals surface area contributed by atoms with E-state index in [4.69, 9.17) is 0 Å². The van der Waals surface area contributed by atoms with Crippen molar-refractivity contribution in [3.8, 4) is 0 Å². The first-order valence-corrected chi connectivity index (χ1v) is 10.9. The van der Waals surface area contributed by atoms with Gasteiger partial charge in [0.25, 0.3) is 5.91 Å². The average molecular weight is 407 g/mol. The normalized spacial score (nSPS) is 21.3. The molecule has 0 saturated carbocycles. The van der Waals surface area contributed by atoms with E-state index >= 15 is 0 Å². The summed E-state index contributed by atoms with van der Waals surface area (Å²) in [4.78, 5) is 26.6. The van der Waals surface area contributed by atoms with Crippen molar-refractivity contribution in [3.63, 3.8) is 0 Å². The molecule has 0 radical (unpaired) electrons. The average Bonchev–Trinajstić information content (AvgIpc) is 3.02. The number of hydrazone groups is 1. The van der Waals surface area contributed by atoms with Gasteiger partial charge in [0.1, 0.15) is 11.5 Å². The lowest BCUT2D eigenvalue weighted by atomic mass is 10.1. The molecule has 0 spiro atoms. The molecule has 0 aliphatic carbocycles. The summed E-state index contributed by atoms with van der Waals surface area (Å²) in [5.41, 5.74) is 0.533. The predicted octanol–water partition coefficient (Wildman–Crippen LogP) is 1.51. The number of sulfone groups is 1. The van der Waals surface area contributed by atoms with E-state index in [0.29, 0.717) is 12.0 Å². The molecule has 0 N–H and O–H groups in total. The van der Waals surface area contributed by atoms with Gasteiger partial charge in [0, 0.05) is 31.5 Å². The minimum atomic E-state index is -3.19. The van der Waals surface area contributed by atoms with Gasteiger partial charge < -0.3 is 4.90 Å². The van der Waals surface area contributed by atoms with Crippen LogP contribution in [0.3, 0.4) is 0 Å². The van der Waals surface area contributed by atoms with E-state index in [1.54, 1.807) is 18.2 Å². The standard InChI is InChI=1S/C19H22FN3O4S/c1-2-10-22(12-14-5-3-4-6-16(14)20)19(25)17-7-8-18(24)23(21-17)15-9-11-28(26,27)13-15/h2-6,15H,1,7-13H2/t15-/m0/s1. The van der Waals surface area contributed by atoms with Gasteiger partial charge in [-0.1, -0.05) is 24.3 Å². The van der Waals surface area contributed by atoms with Gasteiger partial charge in [0.2, 0.25) is 5.91 Å². The number of carbonyl (C=O) groups is 2. The van der Waals surface area contributed by atoms with Crippen molar-refractivity contribution >= 4 is 27.4 Å². The van der Waals surface area contributed by atoms with Crippen molar-refractivity contribution in [1.82, 2.24) is 9.91 Å². The SMILES string of the molecule is C=CCN(Cc1ccccc1F)C(=O)C1=NN([C@H]2CCS(=O)(=O)C2)C(=O)CC1. The summed E-state index contributed by atoms with van der Waals surface area (Å²) in [6.07, 6.45) is 2.10. The second-order valence-electron chi connectivity index (χ2n) is 6.91. The third-order valence-corrected chi connectivity index (χ3v) is 6.57. The second-order valence-corrected chi connectivity index (χ2v) is 9.14. The highest BCUT2D eigenvalue weighted by Crippen LogP contribution is 2.23. The molecule has 2 heterocycles. The monoisotopic (exact) mass is 407 g/mol. The van der Waals surface area contributed by atoms with E-state index in [2.05, 4.69) is 11.7 Å². The first-order valence-electron chi connectivity index (χ1n) is 9.04. The molecule has 2 aliphatic rings. The summed E-state index contributed by atoms with van der Waals surface area (Å²) in [5, 5.41) is 5.34. The molecule has 2 amide bonds. The fraction of sp³-hybridized carbons (Fsp3) is 0.421. The number of rotatable bonds is 6. The molecule has 1 saturated heterocycles. The van der Waals surface area contributed by atoms with E-state index in [9.17, 15) is 22.4 Å². The first-order chi connectivity index (χ1) is 13.3. The van der Waals surface area contributed by atoms with Crippen molar-refractivity contribution < 1.29 is 22.4 Å². The van der Waals surface area contributed by atoms with Gasteiger partial charge in [-0.15, -0.1) is 6.58 Å². The lowest BCUT2D eigenvalue weighted by molar-refractivity contribution is -0.134. The van der Waals surface area contributed by atoms with Crippen LogP contribution in [0.5, 0.6) is 0 Å². The van der Waals surface area contributed by atoms with Crippen LogP contribution in [0, 0.1) is 5.82 Å². The van der Waals surface area contributed by atoms with Crippen LogP contribution in [0.25, 0.3) is 0 Å². The quantitative estimate of drug-likeness (QED) is 0.669. The van der Waals surface area contributed by atoms with Crippen molar-refractivity contribution in [1.29, 1.82) is 0 Å². The molecule has 1 atom stereocenters. The molecular formula is C19H22FN3O4S. The zero-order chi connectivity index (χ0) is 20.3. The van der Waals surface area contributed by atoms with E-state index < -0.39 is 27.6 Å². The molecule has 7 nitrogen and oxygen atoms in total. The van der Waals surface area contributed by atoms with Gasteiger partial charge in [0.15, 0.2) is 9.84 Å². The minimum Gasteiger partial charge on any atom is -0.329 e. The van der Waals surface area contributed by atoms with Crippen LogP contribution < -0.4 is 0 Å². The molecule has 1 aromatic carbocycles. The smallest absolute Gasteiger partial charge is 0.270 e. The number of amides is 2. The molecule has 150 valence electrons. The van der Waals surface area contributed by atoms with Gasteiger partial charge in [-0.05, 0) is 12.5 Å². The maximum Gasteiger partial charge on any atom is 0.270 e. The van der Waals surface area contributed by atoms with Gasteiger partial charge >= 0.3 is 0 Å². The van der Waals surface area contributed by atoms with E-state index in [1.165, 1.54) is 17.0 Å². The van der Waals surface area contributed by atoms with E-state index in [0.717, 1.165) is 5.01 Å². The van der Waals surface area contributed by atoms with Crippen LogP contribution in [0.15, 0.2) is 42.0 Å². The van der Waals surface area contributed by atoms with Crippen molar-refractivity contribution in [3.05, 3.63) is 48.3 Å². The van der Waals surface area contributed by atoms with Gasteiger partial charge in [-0.3, -0.25) is 9.59 Å². The summed E-state index contributed by atoms with van der Waals surface area (Å²) in [7, 11) is -3.19. The molecule has 0 aromatic heterocycles. The van der Waals surface area contributed by atoms with Crippen LogP contribution in [-0.4, -0.2) is 59.9 Å². The maximum absolute atomic E-state index is 14.0. The fourth-order valence-corrected chi connectivity index (χ4v) is 5.06. The van der Waals surface area contributed by atoms with Gasteiger partial charge in [0.05, 0.1) is 17.5 Å². The zero-order valence-electron chi connectivity index (χ0n) is 15.4. The summed E-state index contributed by atoms with van der Waals surface area (Å²) in [6.45, 7) is 3.88. The first kappa shape index (κ1) is 20.2.